The van der Waals surface area contributed by atoms with E-state index >= 15 is 0 Å². The van der Waals surface area contributed by atoms with Crippen molar-refractivity contribution in [1.82, 2.24) is 19.7 Å². The summed E-state index contributed by atoms with van der Waals surface area (Å²) in [5.41, 5.74) is 2.90. The lowest BCUT2D eigenvalue weighted by Gasteiger charge is -2.35. The molecular formula is C24H27N5O3. The number of pyridine rings is 1. The Labute approximate surface area is 186 Å². The molecule has 1 fully saturated rings. The van der Waals surface area contributed by atoms with Gasteiger partial charge in [0.2, 0.25) is 0 Å². The van der Waals surface area contributed by atoms with Crippen molar-refractivity contribution in [2.24, 2.45) is 0 Å². The second-order valence-corrected chi connectivity index (χ2v) is 9.01. The van der Waals surface area contributed by atoms with Crippen LogP contribution in [0.2, 0.25) is 0 Å². The maximum absolute atomic E-state index is 14.0. The minimum Gasteiger partial charge on any atom is -0.476 e. The number of carbonyl (C=O) groups excluding carboxylic acids is 2. The van der Waals surface area contributed by atoms with Crippen molar-refractivity contribution in [3.63, 3.8) is 0 Å². The van der Waals surface area contributed by atoms with Crippen molar-refractivity contribution in [3.8, 4) is 5.75 Å². The smallest absolute Gasteiger partial charge is 0.265 e. The first-order chi connectivity index (χ1) is 15.3. The molecule has 8 heteroatoms. The van der Waals surface area contributed by atoms with Crippen LogP contribution in [0.15, 0.2) is 36.5 Å². The number of fused-ring (bicyclic) bond motifs is 2. The Morgan fingerprint density at radius 1 is 1.19 bits per heavy atom. The highest BCUT2D eigenvalue weighted by molar-refractivity contribution is 6.14. The van der Waals surface area contributed by atoms with Crippen molar-refractivity contribution in [3.05, 3.63) is 47.8 Å². The summed E-state index contributed by atoms with van der Waals surface area (Å²) in [6.45, 7) is 4.25. The topological polar surface area (TPSA) is 80.6 Å². The number of anilines is 1. The van der Waals surface area contributed by atoms with E-state index in [2.05, 4.69) is 18.9 Å². The van der Waals surface area contributed by atoms with Gasteiger partial charge in [-0.2, -0.15) is 5.10 Å². The van der Waals surface area contributed by atoms with E-state index in [0.29, 0.717) is 22.9 Å². The van der Waals surface area contributed by atoms with Crippen molar-refractivity contribution >= 4 is 28.5 Å². The molecule has 3 heterocycles. The van der Waals surface area contributed by atoms with E-state index in [4.69, 9.17) is 9.72 Å². The van der Waals surface area contributed by atoms with E-state index in [9.17, 15) is 9.59 Å². The first-order valence-electron chi connectivity index (χ1n) is 11.0. The van der Waals surface area contributed by atoms with E-state index < -0.39 is 6.10 Å². The summed E-state index contributed by atoms with van der Waals surface area (Å²) in [6, 6.07) is 9.39. The molecule has 32 heavy (non-hydrogen) atoms. The van der Waals surface area contributed by atoms with Gasteiger partial charge >= 0.3 is 0 Å². The lowest BCUT2D eigenvalue weighted by Crippen LogP contribution is -2.50. The number of amides is 2. The molecule has 2 aliphatic rings. The highest BCUT2D eigenvalue weighted by Crippen LogP contribution is 2.41. The molecule has 0 saturated heterocycles. The molecule has 8 nitrogen and oxygen atoms in total. The van der Waals surface area contributed by atoms with Gasteiger partial charge in [0.15, 0.2) is 11.8 Å². The number of benzene rings is 1. The monoisotopic (exact) mass is 433 g/mol. The standard InChI is InChI=1S/C24H27N5O3/c1-14(2)29-22-17(12-25-29)16(11-18(26-22)15-9-10-15)23(30)28-13-21(24(31)27(3)4)32-20-8-6-5-7-19(20)28/h5-8,11-12,14-15,21H,9-10,13H2,1-4H3/t21-/m1/s1. The molecule has 2 aromatic heterocycles. The second-order valence-electron chi connectivity index (χ2n) is 9.01. The summed E-state index contributed by atoms with van der Waals surface area (Å²) in [5.74, 6) is 0.567. The molecule has 0 N–H and O–H groups in total. The number of likely N-dealkylation sites (N-methyl/N-ethyl adjacent to an activating group) is 1. The van der Waals surface area contributed by atoms with E-state index in [1.54, 1.807) is 31.3 Å². The Balaban J connectivity index is 1.62. The molecule has 5 rings (SSSR count). The highest BCUT2D eigenvalue weighted by atomic mass is 16.5. The molecule has 1 aliphatic carbocycles. The fraction of sp³-hybridized carbons (Fsp3) is 0.417. The Hall–Kier alpha value is -3.42. The van der Waals surface area contributed by atoms with Gasteiger partial charge in [-0.3, -0.25) is 9.59 Å². The third-order valence-corrected chi connectivity index (χ3v) is 6.04. The van der Waals surface area contributed by atoms with Crippen molar-refractivity contribution in [2.45, 2.75) is 44.8 Å². The predicted molar refractivity (Wildman–Crippen MR) is 121 cm³/mol. The molecule has 1 aliphatic heterocycles. The van der Waals surface area contributed by atoms with Gasteiger partial charge in [0.25, 0.3) is 11.8 Å². The lowest BCUT2D eigenvalue weighted by molar-refractivity contribution is -0.135. The van der Waals surface area contributed by atoms with Gasteiger partial charge in [-0.05, 0) is 44.9 Å². The zero-order valence-corrected chi connectivity index (χ0v) is 18.8. The Morgan fingerprint density at radius 3 is 2.62 bits per heavy atom. The van der Waals surface area contributed by atoms with Gasteiger partial charge in [-0.25, -0.2) is 9.67 Å². The number of ether oxygens (including phenoxy) is 1. The fourth-order valence-electron chi connectivity index (χ4n) is 4.17. The Bertz CT molecular complexity index is 1210. The van der Waals surface area contributed by atoms with Gasteiger partial charge < -0.3 is 14.5 Å². The minimum atomic E-state index is -0.762. The van der Waals surface area contributed by atoms with E-state index in [1.165, 1.54) is 4.90 Å². The Morgan fingerprint density at radius 2 is 1.94 bits per heavy atom. The first-order valence-corrected chi connectivity index (χ1v) is 11.0. The summed E-state index contributed by atoms with van der Waals surface area (Å²) >= 11 is 0. The molecule has 0 bridgehead atoms. The number of hydrogen-bond acceptors (Lipinski definition) is 5. The average Bonchev–Trinajstić information content (AvgIpc) is 3.55. The van der Waals surface area contributed by atoms with E-state index in [-0.39, 0.29) is 24.4 Å². The normalized spacial score (nSPS) is 17.9. The summed E-state index contributed by atoms with van der Waals surface area (Å²) in [5, 5.41) is 5.24. The van der Waals surface area contributed by atoms with Crippen LogP contribution < -0.4 is 9.64 Å². The number of hydrogen-bond donors (Lipinski definition) is 0. The number of nitrogens with zero attached hydrogens (tertiary/aromatic N) is 5. The maximum Gasteiger partial charge on any atom is 0.265 e. The molecule has 166 valence electrons. The molecule has 0 radical (unpaired) electrons. The highest BCUT2D eigenvalue weighted by Gasteiger charge is 2.36. The minimum absolute atomic E-state index is 0.128. The van der Waals surface area contributed by atoms with Crippen LogP contribution in [0.4, 0.5) is 5.69 Å². The number of para-hydroxylation sites is 2. The molecule has 0 unspecified atom stereocenters. The molecule has 3 aromatic rings. The zero-order chi connectivity index (χ0) is 22.6. The second kappa shape index (κ2) is 7.62. The van der Waals surface area contributed by atoms with E-state index in [0.717, 1.165) is 29.6 Å². The molecule has 0 spiro atoms. The van der Waals surface area contributed by atoms with Crippen molar-refractivity contribution in [1.29, 1.82) is 0 Å². The van der Waals surface area contributed by atoms with Crippen LogP contribution in [0, 0.1) is 0 Å². The zero-order valence-electron chi connectivity index (χ0n) is 18.8. The molecule has 2 amide bonds. The summed E-state index contributed by atoms with van der Waals surface area (Å²) in [4.78, 5) is 34.7. The van der Waals surface area contributed by atoms with Crippen LogP contribution in [0.25, 0.3) is 11.0 Å². The van der Waals surface area contributed by atoms with Crippen LogP contribution in [0.3, 0.4) is 0 Å². The van der Waals surface area contributed by atoms with Crippen molar-refractivity contribution < 1.29 is 14.3 Å². The third-order valence-electron chi connectivity index (χ3n) is 6.04. The summed E-state index contributed by atoms with van der Waals surface area (Å²) in [7, 11) is 3.37. The third kappa shape index (κ3) is 3.39. The average molecular weight is 434 g/mol. The van der Waals surface area contributed by atoms with Crippen LogP contribution in [0.5, 0.6) is 5.75 Å². The van der Waals surface area contributed by atoms with Crippen LogP contribution in [-0.2, 0) is 4.79 Å². The molecule has 1 saturated carbocycles. The number of rotatable bonds is 4. The Kier molecular flexibility index (Phi) is 4.87. The fourth-order valence-corrected chi connectivity index (χ4v) is 4.17. The van der Waals surface area contributed by atoms with Gasteiger partial charge in [-0.15, -0.1) is 0 Å². The predicted octanol–water partition coefficient (Wildman–Crippen LogP) is 3.39. The molecular weight excluding hydrogens is 406 g/mol. The van der Waals surface area contributed by atoms with Crippen LogP contribution in [0.1, 0.15) is 54.7 Å². The van der Waals surface area contributed by atoms with E-state index in [1.807, 2.05) is 28.9 Å². The first kappa shape index (κ1) is 20.5. The number of carbonyl (C=O) groups is 2. The van der Waals surface area contributed by atoms with Crippen molar-refractivity contribution in [2.75, 3.05) is 25.5 Å². The summed E-state index contributed by atoms with van der Waals surface area (Å²) < 4.78 is 7.82. The van der Waals surface area contributed by atoms with Crippen LogP contribution in [-0.4, -0.2) is 58.2 Å². The largest absolute Gasteiger partial charge is 0.476 e. The molecule has 1 atom stereocenters. The van der Waals surface area contributed by atoms with Crippen LogP contribution >= 0.6 is 0 Å². The maximum atomic E-state index is 14.0. The van der Waals surface area contributed by atoms with Gasteiger partial charge in [0, 0.05) is 31.7 Å². The number of aromatic nitrogens is 3. The molecule has 1 aromatic carbocycles. The SMILES string of the molecule is CC(C)n1ncc2c(C(=O)N3C[C@H](C(=O)N(C)C)Oc4ccccc43)cc(C3CC3)nc21. The van der Waals surface area contributed by atoms with Gasteiger partial charge in [0.1, 0.15) is 5.75 Å². The lowest BCUT2D eigenvalue weighted by atomic mass is 10.1. The quantitative estimate of drug-likeness (QED) is 0.630. The van der Waals surface area contributed by atoms with Gasteiger partial charge in [-0.1, -0.05) is 12.1 Å². The van der Waals surface area contributed by atoms with Gasteiger partial charge in [0.05, 0.1) is 29.4 Å². The summed E-state index contributed by atoms with van der Waals surface area (Å²) in [6.07, 6.45) is 3.13.